The van der Waals surface area contributed by atoms with Crippen LogP contribution in [-0.2, 0) is 9.59 Å². The number of anilines is 1. The first-order valence-corrected chi connectivity index (χ1v) is 9.71. The summed E-state index contributed by atoms with van der Waals surface area (Å²) in [6.07, 6.45) is 1.32. The molecule has 0 aliphatic rings. The zero-order valence-electron chi connectivity index (χ0n) is 16.9. The van der Waals surface area contributed by atoms with Gasteiger partial charge in [0.1, 0.15) is 5.01 Å². The third kappa shape index (κ3) is 5.14. The maximum absolute atomic E-state index is 12.1. The lowest BCUT2D eigenvalue weighted by Crippen LogP contribution is -2.32. The summed E-state index contributed by atoms with van der Waals surface area (Å²) in [7, 11) is 4.45. The fraction of sp³-hybridized carbons (Fsp3) is 0.150. The van der Waals surface area contributed by atoms with Crippen molar-refractivity contribution in [2.45, 2.75) is 0 Å². The molecule has 0 unspecified atom stereocenters. The zero-order chi connectivity index (χ0) is 22.2. The van der Waals surface area contributed by atoms with Crippen LogP contribution in [0.5, 0.6) is 17.2 Å². The third-order valence-electron chi connectivity index (χ3n) is 3.98. The molecule has 0 spiro atoms. The number of rotatable bonds is 7. The van der Waals surface area contributed by atoms with Crippen molar-refractivity contribution in [3.63, 3.8) is 0 Å². The van der Waals surface area contributed by atoms with Crippen LogP contribution in [0.4, 0.5) is 5.13 Å². The van der Waals surface area contributed by atoms with Crippen molar-refractivity contribution in [3.8, 4) is 27.8 Å². The molecule has 1 aromatic heterocycles. The minimum Gasteiger partial charge on any atom is -0.493 e. The van der Waals surface area contributed by atoms with Crippen molar-refractivity contribution in [3.05, 3.63) is 48.0 Å². The average Bonchev–Trinajstić information content (AvgIpc) is 3.27. The smallest absolute Gasteiger partial charge is 0.329 e. The van der Waals surface area contributed by atoms with E-state index in [4.69, 9.17) is 14.2 Å². The molecule has 3 aromatic rings. The van der Waals surface area contributed by atoms with E-state index in [9.17, 15) is 9.59 Å². The number of nitrogens with one attached hydrogen (secondary N) is 2. The molecule has 0 bridgehead atoms. The summed E-state index contributed by atoms with van der Waals surface area (Å²) in [4.78, 5) is 24.1. The summed E-state index contributed by atoms with van der Waals surface area (Å²) in [6, 6.07) is 12.7. The van der Waals surface area contributed by atoms with Gasteiger partial charge in [-0.1, -0.05) is 41.7 Å². The number of aromatic nitrogens is 2. The van der Waals surface area contributed by atoms with Gasteiger partial charge in [-0.05, 0) is 12.1 Å². The first-order chi connectivity index (χ1) is 15.1. The molecule has 31 heavy (non-hydrogen) atoms. The molecule has 11 heteroatoms. The Labute approximate surface area is 181 Å². The van der Waals surface area contributed by atoms with Crippen LogP contribution in [0.25, 0.3) is 10.6 Å². The van der Waals surface area contributed by atoms with Gasteiger partial charge in [0.15, 0.2) is 11.5 Å². The number of carbonyl (C=O) groups is 2. The predicted octanol–water partition coefficient (Wildman–Crippen LogP) is 2.32. The number of hydrogen-bond donors (Lipinski definition) is 2. The lowest BCUT2D eigenvalue weighted by molar-refractivity contribution is -0.136. The number of benzene rings is 2. The SMILES string of the molecule is COc1ccc(/C=N/NC(=O)C(=O)Nc2nnc(-c3ccccc3)s2)c(OC)c1OC. The van der Waals surface area contributed by atoms with Crippen LogP contribution in [0.1, 0.15) is 5.56 Å². The third-order valence-corrected chi connectivity index (χ3v) is 4.86. The summed E-state index contributed by atoms with van der Waals surface area (Å²) < 4.78 is 15.8. The quantitative estimate of drug-likeness (QED) is 0.328. The number of hydrazone groups is 1. The topological polar surface area (TPSA) is 124 Å². The first kappa shape index (κ1) is 21.7. The molecule has 0 saturated heterocycles. The maximum Gasteiger partial charge on any atom is 0.329 e. The fourth-order valence-corrected chi connectivity index (χ4v) is 3.31. The van der Waals surface area contributed by atoms with E-state index in [2.05, 4.69) is 26.0 Å². The van der Waals surface area contributed by atoms with Crippen molar-refractivity contribution in [1.82, 2.24) is 15.6 Å². The van der Waals surface area contributed by atoms with Crippen LogP contribution in [0, 0.1) is 0 Å². The molecule has 10 nitrogen and oxygen atoms in total. The average molecular weight is 441 g/mol. The predicted molar refractivity (Wildman–Crippen MR) is 116 cm³/mol. The van der Waals surface area contributed by atoms with Crippen molar-refractivity contribution in [1.29, 1.82) is 0 Å². The summed E-state index contributed by atoms with van der Waals surface area (Å²) in [5, 5.41) is 14.9. The Morgan fingerprint density at radius 3 is 2.35 bits per heavy atom. The van der Waals surface area contributed by atoms with Crippen molar-refractivity contribution in [2.75, 3.05) is 26.6 Å². The highest BCUT2D eigenvalue weighted by molar-refractivity contribution is 7.18. The number of carbonyl (C=O) groups excluding carboxylic acids is 2. The van der Waals surface area contributed by atoms with Gasteiger partial charge in [0.25, 0.3) is 0 Å². The standard InChI is InChI=1S/C20H19N5O5S/c1-28-14-10-9-13(15(29-2)16(14)30-3)11-21-23-18(27)17(26)22-20-25-24-19(31-20)12-7-5-4-6-8-12/h4-11H,1-3H3,(H,23,27)(H,22,25,26)/b21-11+. The van der Waals surface area contributed by atoms with Gasteiger partial charge in [-0.2, -0.15) is 5.10 Å². The number of hydrogen-bond acceptors (Lipinski definition) is 9. The van der Waals surface area contributed by atoms with Gasteiger partial charge < -0.3 is 14.2 Å². The molecule has 2 amide bonds. The summed E-state index contributed by atoms with van der Waals surface area (Å²) >= 11 is 1.15. The second-order valence-electron chi connectivity index (χ2n) is 5.86. The monoisotopic (exact) mass is 441 g/mol. The second kappa shape index (κ2) is 10.2. The molecule has 1 heterocycles. The Morgan fingerprint density at radius 1 is 0.935 bits per heavy atom. The van der Waals surface area contributed by atoms with Crippen LogP contribution < -0.4 is 25.0 Å². The lowest BCUT2D eigenvalue weighted by Gasteiger charge is -2.13. The highest BCUT2D eigenvalue weighted by Crippen LogP contribution is 2.38. The Bertz CT molecular complexity index is 1100. The van der Waals surface area contributed by atoms with E-state index in [1.807, 2.05) is 30.3 Å². The summed E-state index contributed by atoms with van der Waals surface area (Å²) in [5.41, 5.74) is 3.53. The molecule has 0 atom stereocenters. The highest BCUT2D eigenvalue weighted by atomic mass is 32.1. The van der Waals surface area contributed by atoms with Gasteiger partial charge in [0, 0.05) is 11.1 Å². The fourth-order valence-electron chi connectivity index (χ4n) is 2.56. The van der Waals surface area contributed by atoms with Crippen LogP contribution in [-0.4, -0.2) is 49.6 Å². The number of methoxy groups -OCH3 is 3. The van der Waals surface area contributed by atoms with Gasteiger partial charge in [-0.3, -0.25) is 14.9 Å². The highest BCUT2D eigenvalue weighted by Gasteiger charge is 2.17. The molecule has 2 aromatic carbocycles. The van der Waals surface area contributed by atoms with E-state index in [1.54, 1.807) is 12.1 Å². The number of amides is 2. The van der Waals surface area contributed by atoms with Crippen LogP contribution in [0.3, 0.4) is 0 Å². The van der Waals surface area contributed by atoms with Crippen LogP contribution in [0.2, 0.25) is 0 Å². The molecule has 2 N–H and O–H groups in total. The molecule has 3 rings (SSSR count). The van der Waals surface area contributed by atoms with Gasteiger partial charge in [0.05, 0.1) is 27.5 Å². The molecule has 0 aliphatic carbocycles. The minimum absolute atomic E-state index is 0.199. The second-order valence-corrected chi connectivity index (χ2v) is 6.83. The Balaban J connectivity index is 1.63. The first-order valence-electron chi connectivity index (χ1n) is 8.89. The van der Waals surface area contributed by atoms with E-state index in [1.165, 1.54) is 27.5 Å². The van der Waals surface area contributed by atoms with E-state index >= 15 is 0 Å². The van der Waals surface area contributed by atoms with E-state index in [0.717, 1.165) is 16.9 Å². The Hall–Kier alpha value is -3.99. The van der Waals surface area contributed by atoms with E-state index in [0.29, 0.717) is 27.8 Å². The molecule has 0 fully saturated rings. The van der Waals surface area contributed by atoms with Gasteiger partial charge in [-0.15, -0.1) is 10.2 Å². The largest absolute Gasteiger partial charge is 0.493 e. The summed E-state index contributed by atoms with van der Waals surface area (Å²) in [6.45, 7) is 0. The van der Waals surface area contributed by atoms with Gasteiger partial charge in [-0.25, -0.2) is 5.43 Å². The zero-order valence-corrected chi connectivity index (χ0v) is 17.7. The Kier molecular flexibility index (Phi) is 7.12. The van der Waals surface area contributed by atoms with Crippen molar-refractivity contribution >= 4 is 34.5 Å². The normalized spacial score (nSPS) is 10.5. The van der Waals surface area contributed by atoms with Crippen molar-refractivity contribution in [2.24, 2.45) is 5.10 Å². The van der Waals surface area contributed by atoms with Crippen LogP contribution >= 0.6 is 11.3 Å². The van der Waals surface area contributed by atoms with Gasteiger partial charge >= 0.3 is 11.8 Å². The van der Waals surface area contributed by atoms with Crippen molar-refractivity contribution < 1.29 is 23.8 Å². The van der Waals surface area contributed by atoms with E-state index < -0.39 is 11.8 Å². The molecule has 0 aliphatic heterocycles. The minimum atomic E-state index is -0.966. The van der Waals surface area contributed by atoms with Gasteiger partial charge in [0.2, 0.25) is 10.9 Å². The molecule has 0 radical (unpaired) electrons. The van der Waals surface area contributed by atoms with E-state index in [-0.39, 0.29) is 5.13 Å². The summed E-state index contributed by atoms with van der Waals surface area (Å²) in [5.74, 6) is -0.665. The number of ether oxygens (including phenoxy) is 3. The molecule has 160 valence electrons. The molecular formula is C20H19N5O5S. The molecular weight excluding hydrogens is 422 g/mol. The van der Waals surface area contributed by atoms with Crippen LogP contribution in [0.15, 0.2) is 47.6 Å². The molecule has 0 saturated carbocycles. The lowest BCUT2D eigenvalue weighted by atomic mass is 10.2. The Morgan fingerprint density at radius 2 is 1.68 bits per heavy atom. The maximum atomic E-state index is 12.1. The number of nitrogens with zero attached hydrogens (tertiary/aromatic N) is 3.